The third-order valence-electron chi connectivity index (χ3n) is 5.27. The van der Waals surface area contributed by atoms with E-state index in [0.29, 0.717) is 13.2 Å². The number of ether oxygens (including phenoxy) is 1. The predicted octanol–water partition coefficient (Wildman–Crippen LogP) is 2.50. The van der Waals surface area contributed by atoms with Crippen LogP contribution in [0.15, 0.2) is 24.3 Å². The van der Waals surface area contributed by atoms with E-state index in [1.54, 1.807) is 0 Å². The summed E-state index contributed by atoms with van der Waals surface area (Å²) < 4.78 is 5.73. The molecule has 134 valence electrons. The largest absolute Gasteiger partial charge is 0.492 e. The van der Waals surface area contributed by atoms with Gasteiger partial charge in [0.15, 0.2) is 0 Å². The topological polar surface area (TPSA) is 58.8 Å². The number of carbonyl (C=O) groups excluding carboxylic acids is 1. The quantitative estimate of drug-likeness (QED) is 0.833. The van der Waals surface area contributed by atoms with Crippen molar-refractivity contribution in [2.24, 2.45) is 11.1 Å². The molecule has 5 heteroatoms. The van der Waals surface area contributed by atoms with Crippen LogP contribution in [0.5, 0.6) is 5.75 Å². The molecule has 1 aromatic rings. The molecule has 0 aromatic heterocycles. The molecule has 0 bridgehead atoms. The molecule has 1 aliphatic heterocycles. The van der Waals surface area contributed by atoms with Gasteiger partial charge in [-0.15, -0.1) is 0 Å². The van der Waals surface area contributed by atoms with Gasteiger partial charge in [0.05, 0.1) is 17.7 Å². The van der Waals surface area contributed by atoms with Crippen LogP contribution in [0.25, 0.3) is 0 Å². The number of hydrogen-bond acceptors (Lipinski definition) is 4. The number of piperazine rings is 1. The third-order valence-corrected chi connectivity index (χ3v) is 5.27. The van der Waals surface area contributed by atoms with Gasteiger partial charge in [-0.05, 0) is 31.9 Å². The van der Waals surface area contributed by atoms with E-state index in [1.807, 2.05) is 30.0 Å². The van der Waals surface area contributed by atoms with Crippen LogP contribution in [0.1, 0.15) is 33.6 Å². The molecule has 1 heterocycles. The van der Waals surface area contributed by atoms with E-state index >= 15 is 0 Å². The molecule has 0 atom stereocenters. The zero-order chi connectivity index (χ0) is 17.6. The molecule has 24 heavy (non-hydrogen) atoms. The summed E-state index contributed by atoms with van der Waals surface area (Å²) in [7, 11) is 0. The van der Waals surface area contributed by atoms with Gasteiger partial charge < -0.3 is 20.3 Å². The van der Waals surface area contributed by atoms with Crippen molar-refractivity contribution in [3.63, 3.8) is 0 Å². The lowest BCUT2D eigenvalue weighted by molar-refractivity contribution is -0.142. The molecular weight excluding hydrogens is 302 g/mol. The Kier molecular flexibility index (Phi) is 6.49. The Morgan fingerprint density at radius 3 is 2.29 bits per heavy atom. The first-order chi connectivity index (χ1) is 11.6. The fraction of sp³-hybridized carbons (Fsp3) is 0.632. The lowest BCUT2D eigenvalue weighted by Crippen LogP contribution is -2.54. The number of anilines is 1. The fourth-order valence-corrected chi connectivity index (χ4v) is 3.41. The van der Waals surface area contributed by atoms with Crippen LogP contribution in [0.4, 0.5) is 5.69 Å². The minimum absolute atomic E-state index is 0.216. The van der Waals surface area contributed by atoms with E-state index in [4.69, 9.17) is 10.5 Å². The van der Waals surface area contributed by atoms with Crippen molar-refractivity contribution in [1.82, 2.24) is 4.90 Å². The average Bonchev–Trinajstić information content (AvgIpc) is 2.64. The summed E-state index contributed by atoms with van der Waals surface area (Å²) in [5.41, 5.74) is 6.65. The Morgan fingerprint density at radius 2 is 1.75 bits per heavy atom. The summed E-state index contributed by atoms with van der Waals surface area (Å²) in [6.07, 6.45) is 1.60. The summed E-state index contributed by atoms with van der Waals surface area (Å²) in [5, 5.41) is 0. The maximum Gasteiger partial charge on any atom is 0.230 e. The zero-order valence-corrected chi connectivity index (χ0v) is 15.3. The first kappa shape index (κ1) is 18.6. The van der Waals surface area contributed by atoms with Crippen molar-refractivity contribution in [3.8, 4) is 5.75 Å². The van der Waals surface area contributed by atoms with Crippen LogP contribution in [0.3, 0.4) is 0 Å². The summed E-state index contributed by atoms with van der Waals surface area (Å²) in [5.74, 6) is 1.13. The van der Waals surface area contributed by atoms with Gasteiger partial charge in [-0.1, -0.05) is 26.0 Å². The highest BCUT2D eigenvalue weighted by molar-refractivity contribution is 5.83. The molecule has 1 aliphatic rings. The Labute approximate surface area is 145 Å². The van der Waals surface area contributed by atoms with Crippen molar-refractivity contribution in [1.29, 1.82) is 0 Å². The van der Waals surface area contributed by atoms with Crippen molar-refractivity contribution in [2.75, 3.05) is 44.2 Å². The fourth-order valence-electron chi connectivity index (χ4n) is 3.41. The highest BCUT2D eigenvalue weighted by Crippen LogP contribution is 2.31. The molecule has 0 spiro atoms. The minimum atomic E-state index is -0.397. The average molecular weight is 333 g/mol. The summed E-state index contributed by atoms with van der Waals surface area (Å²) in [6, 6.07) is 8.12. The highest BCUT2D eigenvalue weighted by Gasteiger charge is 2.37. The van der Waals surface area contributed by atoms with Gasteiger partial charge in [-0.3, -0.25) is 4.79 Å². The van der Waals surface area contributed by atoms with Crippen LogP contribution in [0, 0.1) is 5.41 Å². The van der Waals surface area contributed by atoms with Crippen molar-refractivity contribution >= 4 is 11.6 Å². The van der Waals surface area contributed by atoms with Crippen LogP contribution in [-0.2, 0) is 4.79 Å². The molecule has 2 N–H and O–H groups in total. The van der Waals surface area contributed by atoms with Gasteiger partial charge in [-0.25, -0.2) is 0 Å². The molecule has 0 aliphatic carbocycles. The van der Waals surface area contributed by atoms with E-state index in [0.717, 1.165) is 50.5 Å². The molecule has 1 amide bonds. The molecule has 1 aromatic carbocycles. The number of nitrogens with two attached hydrogens (primary N) is 1. The van der Waals surface area contributed by atoms with Gasteiger partial charge in [0.25, 0.3) is 0 Å². The Hall–Kier alpha value is -1.75. The van der Waals surface area contributed by atoms with Crippen molar-refractivity contribution in [2.45, 2.75) is 33.6 Å². The van der Waals surface area contributed by atoms with Crippen LogP contribution in [-0.4, -0.2) is 50.1 Å². The molecule has 0 unspecified atom stereocenters. The lowest BCUT2D eigenvalue weighted by Gasteiger charge is -2.41. The van der Waals surface area contributed by atoms with Gasteiger partial charge in [-0.2, -0.15) is 0 Å². The van der Waals surface area contributed by atoms with E-state index < -0.39 is 5.41 Å². The standard InChI is InChI=1S/C19H31N3O2/c1-4-19(5-2,15-20)18(23)22-13-11-21(12-14-22)16-9-7-8-10-17(16)24-6-3/h7-10H,4-6,11-15,20H2,1-3H3. The number of benzene rings is 1. The highest BCUT2D eigenvalue weighted by atomic mass is 16.5. The first-order valence-electron chi connectivity index (χ1n) is 9.08. The maximum atomic E-state index is 12.9. The number of nitrogens with zero attached hydrogens (tertiary/aromatic N) is 2. The Balaban J connectivity index is 2.05. The maximum absolute atomic E-state index is 12.9. The minimum Gasteiger partial charge on any atom is -0.492 e. The van der Waals surface area contributed by atoms with Gasteiger partial charge in [0.2, 0.25) is 5.91 Å². The second kappa shape index (κ2) is 8.38. The van der Waals surface area contributed by atoms with Gasteiger partial charge in [0.1, 0.15) is 5.75 Å². The second-order valence-corrected chi connectivity index (χ2v) is 6.37. The Bertz CT molecular complexity index is 527. The third kappa shape index (κ3) is 3.66. The van der Waals surface area contributed by atoms with Crippen LogP contribution >= 0.6 is 0 Å². The summed E-state index contributed by atoms with van der Waals surface area (Å²) in [6.45, 7) is 10.3. The molecule has 1 saturated heterocycles. The Morgan fingerprint density at radius 1 is 1.12 bits per heavy atom. The second-order valence-electron chi connectivity index (χ2n) is 6.37. The van der Waals surface area contributed by atoms with Crippen LogP contribution < -0.4 is 15.4 Å². The molecule has 0 radical (unpaired) electrons. The van der Waals surface area contributed by atoms with Crippen molar-refractivity contribution < 1.29 is 9.53 Å². The lowest BCUT2D eigenvalue weighted by atomic mass is 9.81. The SMILES string of the molecule is CCOc1ccccc1N1CCN(C(=O)C(CC)(CC)CN)CC1. The number of carbonyl (C=O) groups is 1. The number of hydrogen-bond donors (Lipinski definition) is 1. The predicted molar refractivity (Wildman–Crippen MR) is 98.5 cm³/mol. The van der Waals surface area contributed by atoms with E-state index in [-0.39, 0.29) is 5.91 Å². The van der Waals surface area contributed by atoms with Gasteiger partial charge >= 0.3 is 0 Å². The molecule has 1 fully saturated rings. The van der Waals surface area contributed by atoms with Crippen molar-refractivity contribution in [3.05, 3.63) is 24.3 Å². The smallest absolute Gasteiger partial charge is 0.230 e. The van der Waals surface area contributed by atoms with Crippen LogP contribution in [0.2, 0.25) is 0 Å². The van der Waals surface area contributed by atoms with E-state index in [2.05, 4.69) is 24.8 Å². The zero-order valence-electron chi connectivity index (χ0n) is 15.3. The number of rotatable bonds is 7. The normalized spacial score (nSPS) is 15.5. The summed E-state index contributed by atoms with van der Waals surface area (Å²) in [4.78, 5) is 17.2. The molecular formula is C19H31N3O2. The van der Waals surface area contributed by atoms with Gasteiger partial charge in [0, 0.05) is 32.7 Å². The molecule has 2 rings (SSSR count). The molecule has 5 nitrogen and oxygen atoms in total. The monoisotopic (exact) mass is 333 g/mol. The van der Waals surface area contributed by atoms with E-state index in [9.17, 15) is 4.79 Å². The summed E-state index contributed by atoms with van der Waals surface area (Å²) >= 11 is 0. The first-order valence-corrected chi connectivity index (χ1v) is 9.08. The van der Waals surface area contributed by atoms with E-state index in [1.165, 1.54) is 0 Å². The number of amides is 1. The number of para-hydroxylation sites is 2. The molecule has 0 saturated carbocycles.